The van der Waals surface area contributed by atoms with Gasteiger partial charge < -0.3 is 15.1 Å². The van der Waals surface area contributed by atoms with Crippen LogP contribution in [0.4, 0.5) is 20.7 Å². The monoisotopic (exact) mass is 471 g/mol. The SMILES string of the molecule is Cc1ccc(NC(=O)N2CCN(c3nc4ccccc4n(Cc4ccccc4)c3=O)CC2)cc1F. The van der Waals surface area contributed by atoms with E-state index in [1.165, 1.54) is 6.07 Å². The van der Waals surface area contributed by atoms with E-state index in [4.69, 9.17) is 0 Å². The number of anilines is 2. The summed E-state index contributed by atoms with van der Waals surface area (Å²) in [6, 6.07) is 21.8. The lowest BCUT2D eigenvalue weighted by atomic mass is 10.2. The first-order valence-corrected chi connectivity index (χ1v) is 11.6. The third-order valence-electron chi connectivity index (χ3n) is 6.31. The number of amides is 2. The van der Waals surface area contributed by atoms with E-state index < -0.39 is 0 Å². The number of carbonyl (C=O) groups is 1. The maximum atomic E-state index is 13.8. The third kappa shape index (κ3) is 4.73. The number of hydrogen-bond donors (Lipinski definition) is 1. The molecule has 0 spiro atoms. The number of hydrogen-bond acceptors (Lipinski definition) is 4. The van der Waals surface area contributed by atoms with Gasteiger partial charge in [0.1, 0.15) is 5.82 Å². The molecule has 0 saturated carbocycles. The fourth-order valence-electron chi connectivity index (χ4n) is 4.30. The van der Waals surface area contributed by atoms with Crippen molar-refractivity contribution >= 4 is 28.6 Å². The fraction of sp³-hybridized carbons (Fsp3) is 0.222. The van der Waals surface area contributed by atoms with Gasteiger partial charge in [0.2, 0.25) is 0 Å². The molecule has 4 aromatic rings. The highest BCUT2D eigenvalue weighted by atomic mass is 19.1. The fourth-order valence-corrected chi connectivity index (χ4v) is 4.30. The molecule has 1 saturated heterocycles. The van der Waals surface area contributed by atoms with Crippen LogP contribution in [-0.4, -0.2) is 46.7 Å². The Bertz CT molecular complexity index is 1430. The summed E-state index contributed by atoms with van der Waals surface area (Å²) in [5.74, 6) is 0.0297. The Hall–Kier alpha value is -4.20. The highest BCUT2D eigenvalue weighted by Gasteiger charge is 2.25. The van der Waals surface area contributed by atoms with Crippen LogP contribution in [0.3, 0.4) is 0 Å². The van der Waals surface area contributed by atoms with Gasteiger partial charge in [0.05, 0.1) is 17.6 Å². The second kappa shape index (κ2) is 9.58. The largest absolute Gasteiger partial charge is 0.348 e. The van der Waals surface area contributed by atoms with Crippen LogP contribution >= 0.6 is 0 Å². The summed E-state index contributed by atoms with van der Waals surface area (Å²) in [7, 11) is 0. The van der Waals surface area contributed by atoms with Crippen LogP contribution in [0.2, 0.25) is 0 Å². The van der Waals surface area contributed by atoms with Gasteiger partial charge in [0, 0.05) is 31.9 Å². The maximum absolute atomic E-state index is 13.8. The van der Waals surface area contributed by atoms with Gasteiger partial charge in [-0.25, -0.2) is 14.2 Å². The molecule has 0 bridgehead atoms. The van der Waals surface area contributed by atoms with E-state index in [0.717, 1.165) is 16.6 Å². The normalized spacial score (nSPS) is 13.8. The standard InChI is InChI=1S/C27H26FN5O2/c1-19-11-12-21(17-22(19)28)29-27(35)32-15-13-31(14-16-32)25-26(34)33(18-20-7-3-2-4-8-20)24-10-6-5-9-23(24)30-25/h2-12,17H,13-16,18H2,1H3,(H,29,35). The van der Waals surface area contributed by atoms with E-state index in [1.54, 1.807) is 28.5 Å². The van der Waals surface area contributed by atoms with Gasteiger partial charge in [-0.2, -0.15) is 0 Å². The molecule has 7 nitrogen and oxygen atoms in total. The predicted molar refractivity (Wildman–Crippen MR) is 135 cm³/mol. The molecular weight excluding hydrogens is 445 g/mol. The van der Waals surface area contributed by atoms with E-state index in [1.807, 2.05) is 59.5 Å². The average Bonchev–Trinajstić information content (AvgIpc) is 2.88. The van der Waals surface area contributed by atoms with Crippen molar-refractivity contribution in [3.05, 3.63) is 100 Å². The number of urea groups is 1. The van der Waals surface area contributed by atoms with Gasteiger partial charge in [-0.15, -0.1) is 0 Å². The maximum Gasteiger partial charge on any atom is 0.321 e. The zero-order valence-electron chi connectivity index (χ0n) is 19.4. The molecule has 3 aromatic carbocycles. The summed E-state index contributed by atoms with van der Waals surface area (Å²) >= 11 is 0. The molecular formula is C27H26FN5O2. The van der Waals surface area contributed by atoms with Crippen LogP contribution in [-0.2, 0) is 6.54 Å². The minimum atomic E-state index is -0.359. The van der Waals surface area contributed by atoms with E-state index in [0.29, 0.717) is 49.8 Å². The van der Waals surface area contributed by atoms with Crippen LogP contribution in [0.5, 0.6) is 0 Å². The van der Waals surface area contributed by atoms with Gasteiger partial charge in [0.25, 0.3) is 5.56 Å². The Morgan fingerprint density at radius 2 is 1.69 bits per heavy atom. The molecule has 0 aliphatic carbocycles. The van der Waals surface area contributed by atoms with Crippen molar-refractivity contribution in [1.29, 1.82) is 0 Å². The molecule has 0 atom stereocenters. The molecule has 2 amide bonds. The Kier molecular flexibility index (Phi) is 6.18. The van der Waals surface area contributed by atoms with Crippen molar-refractivity contribution in [2.75, 3.05) is 36.4 Å². The van der Waals surface area contributed by atoms with Crippen LogP contribution in [0, 0.1) is 12.7 Å². The van der Waals surface area contributed by atoms with Crippen LogP contribution in [0.15, 0.2) is 77.6 Å². The molecule has 1 aromatic heterocycles. The highest BCUT2D eigenvalue weighted by molar-refractivity contribution is 5.89. The van der Waals surface area contributed by atoms with Gasteiger partial charge in [-0.05, 0) is 42.3 Å². The number of aromatic nitrogens is 2. The number of para-hydroxylation sites is 2. The van der Waals surface area contributed by atoms with E-state index in [2.05, 4.69) is 10.3 Å². The molecule has 0 unspecified atom stereocenters. The van der Waals surface area contributed by atoms with Crippen molar-refractivity contribution in [2.45, 2.75) is 13.5 Å². The quantitative estimate of drug-likeness (QED) is 0.483. The molecule has 5 rings (SSSR count). The topological polar surface area (TPSA) is 70.5 Å². The zero-order valence-corrected chi connectivity index (χ0v) is 19.4. The summed E-state index contributed by atoms with van der Waals surface area (Å²) in [6.45, 7) is 3.92. The first-order chi connectivity index (χ1) is 17.0. The number of aryl methyl sites for hydroxylation is 1. The Morgan fingerprint density at radius 3 is 2.43 bits per heavy atom. The van der Waals surface area contributed by atoms with Crippen molar-refractivity contribution in [2.24, 2.45) is 0 Å². The van der Waals surface area contributed by atoms with E-state index in [9.17, 15) is 14.0 Å². The number of halogens is 1. The van der Waals surface area contributed by atoms with Gasteiger partial charge in [0.15, 0.2) is 5.82 Å². The number of benzene rings is 3. The molecule has 8 heteroatoms. The summed E-state index contributed by atoms with van der Waals surface area (Å²) < 4.78 is 15.6. The average molecular weight is 472 g/mol. The van der Waals surface area contributed by atoms with Crippen LogP contribution in [0.1, 0.15) is 11.1 Å². The number of nitrogens with one attached hydrogen (secondary N) is 1. The molecule has 2 heterocycles. The number of carbonyl (C=O) groups excluding carboxylic acids is 1. The lowest BCUT2D eigenvalue weighted by molar-refractivity contribution is 0.208. The molecule has 0 radical (unpaired) electrons. The van der Waals surface area contributed by atoms with E-state index in [-0.39, 0.29) is 17.4 Å². The smallest absolute Gasteiger partial charge is 0.321 e. The predicted octanol–water partition coefficient (Wildman–Crippen LogP) is 4.25. The van der Waals surface area contributed by atoms with Crippen LogP contribution in [0.25, 0.3) is 11.0 Å². The van der Waals surface area contributed by atoms with Crippen molar-refractivity contribution < 1.29 is 9.18 Å². The first kappa shape index (κ1) is 22.6. The Morgan fingerprint density at radius 1 is 0.971 bits per heavy atom. The summed E-state index contributed by atoms with van der Waals surface area (Å²) in [5.41, 5.74) is 3.36. The van der Waals surface area contributed by atoms with Gasteiger partial charge >= 0.3 is 6.03 Å². The lowest BCUT2D eigenvalue weighted by Gasteiger charge is -2.35. The molecule has 178 valence electrons. The lowest BCUT2D eigenvalue weighted by Crippen LogP contribution is -2.51. The Labute approximate surface area is 202 Å². The minimum absolute atomic E-state index is 0.152. The van der Waals surface area contributed by atoms with Crippen molar-refractivity contribution in [3.8, 4) is 0 Å². The zero-order chi connectivity index (χ0) is 24.4. The van der Waals surface area contributed by atoms with Crippen molar-refractivity contribution in [1.82, 2.24) is 14.5 Å². The summed E-state index contributed by atoms with van der Waals surface area (Å²) in [6.07, 6.45) is 0. The highest BCUT2D eigenvalue weighted by Crippen LogP contribution is 2.18. The minimum Gasteiger partial charge on any atom is -0.348 e. The summed E-state index contributed by atoms with van der Waals surface area (Å²) in [5, 5.41) is 2.75. The van der Waals surface area contributed by atoms with Gasteiger partial charge in [-0.1, -0.05) is 48.5 Å². The second-order valence-corrected chi connectivity index (χ2v) is 8.67. The number of fused-ring (bicyclic) bond motifs is 1. The molecule has 35 heavy (non-hydrogen) atoms. The summed E-state index contributed by atoms with van der Waals surface area (Å²) in [4.78, 5) is 34.5. The third-order valence-corrected chi connectivity index (χ3v) is 6.31. The molecule has 1 aliphatic rings. The van der Waals surface area contributed by atoms with Gasteiger partial charge in [-0.3, -0.25) is 9.36 Å². The first-order valence-electron chi connectivity index (χ1n) is 11.6. The van der Waals surface area contributed by atoms with E-state index >= 15 is 0 Å². The van der Waals surface area contributed by atoms with Crippen molar-refractivity contribution in [3.63, 3.8) is 0 Å². The number of nitrogens with zero attached hydrogens (tertiary/aromatic N) is 4. The molecule has 1 N–H and O–H groups in total. The Balaban J connectivity index is 1.35. The molecule has 1 aliphatic heterocycles. The van der Waals surface area contributed by atoms with Crippen LogP contribution < -0.4 is 15.8 Å². The molecule has 1 fully saturated rings. The second-order valence-electron chi connectivity index (χ2n) is 8.67. The number of piperazine rings is 1. The number of rotatable bonds is 4.